The highest BCUT2D eigenvalue weighted by atomic mass is 19.1. The van der Waals surface area contributed by atoms with Gasteiger partial charge in [0.2, 0.25) is 5.91 Å². The molecule has 238 valence electrons. The van der Waals surface area contributed by atoms with Gasteiger partial charge in [-0.3, -0.25) is 9.69 Å². The van der Waals surface area contributed by atoms with E-state index in [-0.39, 0.29) is 23.5 Å². The van der Waals surface area contributed by atoms with Gasteiger partial charge in [0, 0.05) is 56.4 Å². The number of aromatic nitrogens is 1. The van der Waals surface area contributed by atoms with E-state index in [0.717, 1.165) is 49.8 Å². The molecule has 0 saturated carbocycles. The molecule has 1 amide bonds. The minimum atomic E-state index is -0.506. The minimum absolute atomic E-state index is 0.0231. The maximum Gasteiger partial charge on any atom is 0.239 e. The Kier molecular flexibility index (Phi) is 9.78. The lowest BCUT2D eigenvalue weighted by Gasteiger charge is -2.39. The lowest BCUT2D eigenvalue weighted by Crippen LogP contribution is -2.55. The van der Waals surface area contributed by atoms with Gasteiger partial charge < -0.3 is 24.8 Å². The van der Waals surface area contributed by atoms with Gasteiger partial charge in [-0.25, -0.2) is 8.78 Å². The third kappa shape index (κ3) is 6.90. The molecular weight excluding hydrogens is 572 g/mol. The molecule has 0 unspecified atom stereocenters. The van der Waals surface area contributed by atoms with Crippen LogP contribution in [0.2, 0.25) is 0 Å². The summed E-state index contributed by atoms with van der Waals surface area (Å²) in [5.74, 6) is 0.260. The monoisotopic (exact) mass is 615 g/mol. The van der Waals surface area contributed by atoms with Crippen LogP contribution in [0.5, 0.6) is 5.75 Å². The number of rotatable bonds is 10. The molecule has 2 N–H and O–H groups in total. The summed E-state index contributed by atoms with van der Waals surface area (Å²) in [7, 11) is 0. The average molecular weight is 616 g/mol. The van der Waals surface area contributed by atoms with Gasteiger partial charge in [0.15, 0.2) is 0 Å². The van der Waals surface area contributed by atoms with Crippen LogP contribution in [-0.2, 0) is 17.8 Å². The summed E-state index contributed by atoms with van der Waals surface area (Å²) in [5.41, 5.74) is 9.90. The van der Waals surface area contributed by atoms with E-state index < -0.39 is 6.04 Å². The highest BCUT2D eigenvalue weighted by molar-refractivity contribution is 5.85. The molecule has 2 fully saturated rings. The molecular formula is C36H43F2N5O2. The number of likely N-dealkylation sites (tertiary alicyclic amines) is 1. The second-order valence-electron chi connectivity index (χ2n) is 12.2. The largest absolute Gasteiger partial charge is 0.493 e. The molecule has 6 rings (SSSR count). The number of carbonyl (C=O) groups excluding carboxylic acids is 1. The number of benzene rings is 3. The number of nitrogens with zero attached hydrogens (tertiary/aromatic N) is 4. The molecule has 4 aromatic rings. The third-order valence-electron chi connectivity index (χ3n) is 9.47. The zero-order valence-corrected chi connectivity index (χ0v) is 26.0. The van der Waals surface area contributed by atoms with E-state index in [1.54, 1.807) is 18.2 Å². The summed E-state index contributed by atoms with van der Waals surface area (Å²) < 4.78 is 36.8. The van der Waals surface area contributed by atoms with E-state index in [1.807, 2.05) is 46.7 Å². The number of piperazine rings is 1. The molecule has 2 aliphatic rings. The molecule has 7 nitrogen and oxygen atoms in total. The highest BCUT2D eigenvalue weighted by Crippen LogP contribution is 2.28. The van der Waals surface area contributed by atoms with Crippen molar-refractivity contribution in [3.05, 3.63) is 95.7 Å². The van der Waals surface area contributed by atoms with Crippen LogP contribution in [0.1, 0.15) is 30.9 Å². The van der Waals surface area contributed by atoms with Crippen LogP contribution in [0.15, 0.2) is 72.9 Å². The van der Waals surface area contributed by atoms with Crippen LogP contribution in [-0.4, -0.2) is 83.6 Å². The fourth-order valence-electron chi connectivity index (χ4n) is 6.86. The van der Waals surface area contributed by atoms with Crippen molar-refractivity contribution in [2.75, 3.05) is 52.4 Å². The number of hydrogen-bond donors (Lipinski definition) is 1. The van der Waals surface area contributed by atoms with E-state index >= 15 is 0 Å². The summed E-state index contributed by atoms with van der Waals surface area (Å²) in [6, 6.07) is 19.5. The van der Waals surface area contributed by atoms with E-state index in [2.05, 4.69) is 22.1 Å². The van der Waals surface area contributed by atoms with Gasteiger partial charge >= 0.3 is 0 Å². The summed E-state index contributed by atoms with van der Waals surface area (Å²) in [6.45, 7) is 8.05. The maximum absolute atomic E-state index is 14.6. The highest BCUT2D eigenvalue weighted by Gasteiger charge is 2.33. The van der Waals surface area contributed by atoms with Crippen LogP contribution >= 0.6 is 0 Å². The zero-order chi connectivity index (χ0) is 31.3. The van der Waals surface area contributed by atoms with Crippen molar-refractivity contribution >= 4 is 16.8 Å². The Morgan fingerprint density at radius 1 is 0.889 bits per heavy atom. The second kappa shape index (κ2) is 14.1. The van der Waals surface area contributed by atoms with Crippen LogP contribution in [0.25, 0.3) is 16.6 Å². The van der Waals surface area contributed by atoms with Crippen molar-refractivity contribution in [1.82, 2.24) is 19.3 Å². The molecule has 1 atom stereocenters. The topological polar surface area (TPSA) is 67.0 Å². The molecule has 45 heavy (non-hydrogen) atoms. The SMILES string of the molecule is CCOc1cccc(F)c1CN1CCN(C(=O)[C@H](N)C2CCN(CCc3cn(-c4ccccc4F)c4ccccc34)CC2)CC1. The molecule has 3 aromatic carbocycles. The number of amides is 1. The van der Waals surface area contributed by atoms with Crippen LogP contribution in [0.3, 0.4) is 0 Å². The van der Waals surface area contributed by atoms with E-state index in [0.29, 0.717) is 56.3 Å². The lowest BCUT2D eigenvalue weighted by atomic mass is 9.88. The third-order valence-corrected chi connectivity index (χ3v) is 9.47. The predicted octanol–water partition coefficient (Wildman–Crippen LogP) is 5.23. The fourth-order valence-corrected chi connectivity index (χ4v) is 6.86. The normalized spacial score (nSPS) is 17.6. The van der Waals surface area contributed by atoms with E-state index in [4.69, 9.17) is 10.5 Å². The van der Waals surface area contributed by atoms with Crippen LogP contribution in [0.4, 0.5) is 8.78 Å². The van der Waals surface area contributed by atoms with E-state index in [9.17, 15) is 13.6 Å². The number of fused-ring (bicyclic) bond motifs is 1. The van der Waals surface area contributed by atoms with Crippen LogP contribution in [0, 0.1) is 17.6 Å². The Hall–Kier alpha value is -3.79. The van der Waals surface area contributed by atoms with Gasteiger partial charge in [-0.2, -0.15) is 0 Å². The van der Waals surface area contributed by atoms with Crippen molar-refractivity contribution < 1.29 is 18.3 Å². The summed E-state index contributed by atoms with van der Waals surface area (Å²) in [4.78, 5) is 19.9. The van der Waals surface area contributed by atoms with Crippen molar-refractivity contribution in [3.63, 3.8) is 0 Å². The molecule has 0 bridgehead atoms. The Morgan fingerprint density at radius 3 is 2.36 bits per heavy atom. The fraction of sp³-hybridized carbons (Fsp3) is 0.417. The number of halogens is 2. The van der Waals surface area contributed by atoms with Gasteiger partial charge in [0.25, 0.3) is 0 Å². The molecule has 2 aliphatic heterocycles. The number of ether oxygens (including phenoxy) is 1. The first kappa shape index (κ1) is 31.2. The summed E-state index contributed by atoms with van der Waals surface area (Å²) in [6.07, 6.45) is 4.70. The van der Waals surface area contributed by atoms with E-state index in [1.165, 1.54) is 17.7 Å². The Balaban J connectivity index is 0.989. The smallest absolute Gasteiger partial charge is 0.239 e. The quantitative estimate of drug-likeness (QED) is 0.265. The Bertz CT molecular complexity index is 1610. The molecule has 0 aliphatic carbocycles. The Labute approximate surface area is 264 Å². The lowest BCUT2D eigenvalue weighted by molar-refractivity contribution is -0.136. The van der Waals surface area contributed by atoms with Crippen LogP contribution < -0.4 is 10.5 Å². The van der Waals surface area contributed by atoms with Crippen molar-refractivity contribution in [3.8, 4) is 11.4 Å². The van der Waals surface area contributed by atoms with Gasteiger partial charge in [0.05, 0.1) is 23.9 Å². The predicted molar refractivity (Wildman–Crippen MR) is 174 cm³/mol. The standard InChI is InChI=1S/C36H43F2N5O2/c1-2-45-34-13-7-10-30(37)29(34)25-41-20-22-42(23-21-41)36(44)35(39)26-14-17-40(18-15-26)19-16-27-24-43(32-11-5-3-8-28(27)32)33-12-6-4-9-31(33)38/h3-13,24,26,35H,2,14-23,25,39H2,1H3/t35-/m1/s1. The summed E-state index contributed by atoms with van der Waals surface area (Å²) in [5, 5.41) is 1.15. The molecule has 9 heteroatoms. The second-order valence-corrected chi connectivity index (χ2v) is 12.2. The van der Waals surface area contributed by atoms with Gasteiger partial charge in [-0.1, -0.05) is 36.4 Å². The van der Waals surface area contributed by atoms with Crippen molar-refractivity contribution in [2.24, 2.45) is 11.7 Å². The number of carbonyl (C=O) groups is 1. The molecule has 1 aromatic heterocycles. The Morgan fingerprint density at radius 2 is 1.60 bits per heavy atom. The van der Waals surface area contributed by atoms with Gasteiger partial charge in [0.1, 0.15) is 17.4 Å². The first-order valence-corrected chi connectivity index (χ1v) is 16.2. The molecule has 0 radical (unpaired) electrons. The first-order valence-electron chi connectivity index (χ1n) is 16.2. The van der Waals surface area contributed by atoms with Gasteiger partial charge in [-0.15, -0.1) is 0 Å². The van der Waals surface area contributed by atoms with Crippen molar-refractivity contribution in [1.29, 1.82) is 0 Å². The zero-order valence-electron chi connectivity index (χ0n) is 26.0. The minimum Gasteiger partial charge on any atom is -0.493 e. The molecule has 3 heterocycles. The molecule has 0 spiro atoms. The summed E-state index contributed by atoms with van der Waals surface area (Å²) >= 11 is 0. The maximum atomic E-state index is 14.6. The van der Waals surface area contributed by atoms with Crippen molar-refractivity contribution in [2.45, 2.75) is 38.8 Å². The average Bonchev–Trinajstić information content (AvgIpc) is 3.44. The number of piperidine rings is 1. The molecule has 2 saturated heterocycles. The number of para-hydroxylation sites is 2. The first-order chi connectivity index (χ1) is 21.9. The number of hydrogen-bond acceptors (Lipinski definition) is 5. The number of nitrogens with two attached hydrogens (primary N) is 1. The van der Waals surface area contributed by atoms with Gasteiger partial charge in [-0.05, 0) is 81.1 Å².